The Morgan fingerprint density at radius 2 is 1.95 bits per heavy atom. The van der Waals surface area contributed by atoms with Crippen molar-refractivity contribution in [1.29, 1.82) is 0 Å². The molecule has 0 heterocycles. The van der Waals surface area contributed by atoms with Crippen LogP contribution < -0.4 is 10.2 Å². The van der Waals surface area contributed by atoms with E-state index in [2.05, 4.69) is 26.5 Å². The summed E-state index contributed by atoms with van der Waals surface area (Å²) in [7, 11) is 1.61. The maximum Gasteiger partial charge on any atom is 0.264 e. The molecule has 0 radical (unpaired) electrons. The van der Waals surface area contributed by atoms with Gasteiger partial charge in [0.1, 0.15) is 5.75 Å². The zero-order chi connectivity index (χ0) is 15.8. The van der Waals surface area contributed by atoms with Crippen LogP contribution in [0.2, 0.25) is 0 Å². The molecule has 1 N–H and O–H groups in total. The Hall–Kier alpha value is -2.40. The zero-order valence-electron chi connectivity index (χ0n) is 12.0. The smallest absolute Gasteiger partial charge is 0.264 e. The third-order valence-corrected chi connectivity index (χ3v) is 3.27. The highest BCUT2D eigenvalue weighted by atomic mass is 79.9. The molecule has 0 spiro atoms. The highest BCUT2D eigenvalue weighted by molar-refractivity contribution is 9.10. The van der Waals surface area contributed by atoms with Crippen molar-refractivity contribution in [3.05, 3.63) is 70.2 Å². The SMILES string of the molecule is COc1ccc(/C=C/C(=O)N/N=C/c2cccc(Br)c2)cc1. The van der Waals surface area contributed by atoms with E-state index in [-0.39, 0.29) is 5.91 Å². The fourth-order valence-corrected chi connectivity index (χ4v) is 2.10. The van der Waals surface area contributed by atoms with Gasteiger partial charge in [-0.1, -0.05) is 40.2 Å². The second-order valence-corrected chi connectivity index (χ2v) is 5.31. The van der Waals surface area contributed by atoms with Gasteiger partial charge in [-0.15, -0.1) is 0 Å². The van der Waals surface area contributed by atoms with Gasteiger partial charge in [0.25, 0.3) is 5.91 Å². The van der Waals surface area contributed by atoms with Crippen molar-refractivity contribution in [1.82, 2.24) is 5.43 Å². The van der Waals surface area contributed by atoms with Gasteiger partial charge in [-0.2, -0.15) is 5.10 Å². The number of nitrogens with zero attached hydrogens (tertiary/aromatic N) is 1. The number of benzene rings is 2. The van der Waals surface area contributed by atoms with Crippen LogP contribution in [0.1, 0.15) is 11.1 Å². The number of carbonyl (C=O) groups is 1. The van der Waals surface area contributed by atoms with Gasteiger partial charge < -0.3 is 4.74 Å². The molecule has 0 unspecified atom stereocenters. The van der Waals surface area contributed by atoms with Crippen LogP contribution in [-0.2, 0) is 4.79 Å². The first-order chi connectivity index (χ1) is 10.7. The molecule has 112 valence electrons. The lowest BCUT2D eigenvalue weighted by Crippen LogP contribution is -2.14. The number of carbonyl (C=O) groups excluding carboxylic acids is 1. The molecule has 0 aliphatic rings. The van der Waals surface area contributed by atoms with E-state index >= 15 is 0 Å². The number of halogens is 1. The number of hydrogen-bond donors (Lipinski definition) is 1. The molecular weight excluding hydrogens is 344 g/mol. The van der Waals surface area contributed by atoms with Crippen molar-refractivity contribution < 1.29 is 9.53 Å². The molecule has 22 heavy (non-hydrogen) atoms. The molecule has 1 amide bonds. The van der Waals surface area contributed by atoms with E-state index in [0.717, 1.165) is 21.3 Å². The van der Waals surface area contributed by atoms with E-state index in [1.54, 1.807) is 19.4 Å². The van der Waals surface area contributed by atoms with E-state index in [1.165, 1.54) is 6.08 Å². The number of amides is 1. The minimum atomic E-state index is -0.290. The van der Waals surface area contributed by atoms with E-state index in [9.17, 15) is 4.79 Å². The van der Waals surface area contributed by atoms with Crippen molar-refractivity contribution in [2.45, 2.75) is 0 Å². The van der Waals surface area contributed by atoms with E-state index in [0.29, 0.717) is 0 Å². The van der Waals surface area contributed by atoms with Crippen LogP contribution in [0, 0.1) is 0 Å². The molecule has 5 heteroatoms. The lowest BCUT2D eigenvalue weighted by molar-refractivity contribution is -0.116. The summed E-state index contributed by atoms with van der Waals surface area (Å²) in [6, 6.07) is 15.0. The molecule has 0 fully saturated rings. The van der Waals surface area contributed by atoms with Crippen LogP contribution in [0.5, 0.6) is 5.75 Å². The van der Waals surface area contributed by atoms with Crippen LogP contribution in [0.25, 0.3) is 6.08 Å². The second kappa shape index (κ2) is 8.14. The third-order valence-electron chi connectivity index (χ3n) is 2.78. The number of methoxy groups -OCH3 is 1. The maximum atomic E-state index is 11.7. The van der Waals surface area contributed by atoms with E-state index in [1.807, 2.05) is 48.5 Å². The first-order valence-corrected chi connectivity index (χ1v) is 7.37. The molecule has 2 rings (SSSR count). The Morgan fingerprint density at radius 3 is 2.64 bits per heavy atom. The van der Waals surface area contributed by atoms with Gasteiger partial charge >= 0.3 is 0 Å². The molecule has 0 aliphatic heterocycles. The molecule has 0 saturated heterocycles. The van der Waals surface area contributed by atoms with Gasteiger partial charge in [-0.25, -0.2) is 5.43 Å². The van der Waals surface area contributed by atoms with Gasteiger partial charge in [-0.3, -0.25) is 4.79 Å². The normalized spacial score (nSPS) is 11.0. The van der Waals surface area contributed by atoms with Gasteiger partial charge in [0.05, 0.1) is 13.3 Å². The summed E-state index contributed by atoms with van der Waals surface area (Å²) in [6.45, 7) is 0. The first-order valence-electron chi connectivity index (χ1n) is 6.58. The molecule has 0 aromatic heterocycles. The fourth-order valence-electron chi connectivity index (χ4n) is 1.68. The number of hydrazone groups is 1. The van der Waals surface area contributed by atoms with Gasteiger partial charge in [0.2, 0.25) is 0 Å². The van der Waals surface area contributed by atoms with Gasteiger partial charge in [0, 0.05) is 10.5 Å². The minimum Gasteiger partial charge on any atom is -0.497 e. The summed E-state index contributed by atoms with van der Waals surface area (Å²) in [5.41, 5.74) is 4.25. The predicted molar refractivity (Wildman–Crippen MR) is 91.9 cm³/mol. The van der Waals surface area contributed by atoms with Crippen molar-refractivity contribution in [3.63, 3.8) is 0 Å². The average Bonchev–Trinajstić information content (AvgIpc) is 2.53. The maximum absolute atomic E-state index is 11.7. The summed E-state index contributed by atoms with van der Waals surface area (Å²) >= 11 is 3.37. The molecule has 2 aromatic rings. The molecule has 0 atom stereocenters. The molecular formula is C17H15BrN2O2. The Balaban J connectivity index is 1.88. The highest BCUT2D eigenvalue weighted by Crippen LogP contribution is 2.12. The molecule has 0 aliphatic carbocycles. The van der Waals surface area contributed by atoms with Crippen LogP contribution in [-0.4, -0.2) is 19.2 Å². The van der Waals surface area contributed by atoms with Crippen molar-refractivity contribution in [2.75, 3.05) is 7.11 Å². The number of hydrogen-bond acceptors (Lipinski definition) is 3. The first kappa shape index (κ1) is 16.0. The van der Waals surface area contributed by atoms with Gasteiger partial charge in [-0.05, 0) is 41.5 Å². The number of nitrogens with one attached hydrogen (secondary N) is 1. The van der Waals surface area contributed by atoms with Crippen LogP contribution in [0.15, 0.2) is 64.2 Å². The summed E-state index contributed by atoms with van der Waals surface area (Å²) in [5.74, 6) is 0.488. The monoisotopic (exact) mass is 358 g/mol. The Labute approximate surface area is 137 Å². The number of rotatable bonds is 5. The Kier molecular flexibility index (Phi) is 5.91. The van der Waals surface area contributed by atoms with Crippen LogP contribution in [0.4, 0.5) is 0 Å². The third kappa shape index (κ3) is 5.18. The van der Waals surface area contributed by atoms with Crippen LogP contribution in [0.3, 0.4) is 0 Å². The van der Waals surface area contributed by atoms with Crippen molar-refractivity contribution in [2.24, 2.45) is 5.10 Å². The van der Waals surface area contributed by atoms with Crippen molar-refractivity contribution in [3.8, 4) is 5.75 Å². The predicted octanol–water partition coefficient (Wildman–Crippen LogP) is 3.62. The quantitative estimate of drug-likeness (QED) is 0.504. The standard InChI is InChI=1S/C17H15BrN2O2/c1-22-16-8-5-13(6-9-16)7-10-17(21)20-19-12-14-3-2-4-15(18)11-14/h2-12H,1H3,(H,20,21)/b10-7+,19-12+. The lowest BCUT2D eigenvalue weighted by Gasteiger charge is -1.99. The zero-order valence-corrected chi connectivity index (χ0v) is 13.6. The summed E-state index contributed by atoms with van der Waals surface area (Å²) in [4.78, 5) is 11.7. The molecule has 0 bridgehead atoms. The van der Waals surface area contributed by atoms with E-state index in [4.69, 9.17) is 4.74 Å². The Bertz CT molecular complexity index is 694. The minimum absolute atomic E-state index is 0.290. The van der Waals surface area contributed by atoms with E-state index < -0.39 is 0 Å². The second-order valence-electron chi connectivity index (χ2n) is 4.40. The topological polar surface area (TPSA) is 50.7 Å². The molecule has 2 aromatic carbocycles. The van der Waals surface area contributed by atoms with Gasteiger partial charge in [0.15, 0.2) is 0 Å². The van der Waals surface area contributed by atoms with Crippen molar-refractivity contribution >= 4 is 34.1 Å². The highest BCUT2D eigenvalue weighted by Gasteiger charge is 1.94. The summed E-state index contributed by atoms with van der Waals surface area (Å²) < 4.78 is 6.03. The largest absolute Gasteiger partial charge is 0.497 e. The lowest BCUT2D eigenvalue weighted by atomic mass is 10.2. The Morgan fingerprint density at radius 1 is 1.18 bits per heavy atom. The fraction of sp³-hybridized carbons (Fsp3) is 0.0588. The average molecular weight is 359 g/mol. The summed E-state index contributed by atoms with van der Waals surface area (Å²) in [5, 5.41) is 3.91. The molecule has 0 saturated carbocycles. The number of ether oxygens (including phenoxy) is 1. The molecule has 4 nitrogen and oxygen atoms in total. The van der Waals surface area contributed by atoms with Crippen LogP contribution >= 0.6 is 15.9 Å². The summed E-state index contributed by atoms with van der Waals surface area (Å²) in [6.07, 6.45) is 4.73.